The first kappa shape index (κ1) is 15.4. The van der Waals surface area contributed by atoms with E-state index < -0.39 is 0 Å². The van der Waals surface area contributed by atoms with Crippen LogP contribution in [-0.2, 0) is 0 Å². The van der Waals surface area contributed by atoms with Gasteiger partial charge in [-0.3, -0.25) is 0 Å². The topological polar surface area (TPSA) is 55.4 Å². The summed E-state index contributed by atoms with van der Waals surface area (Å²) in [5.41, 5.74) is 2.81. The molecule has 2 N–H and O–H groups in total. The zero-order chi connectivity index (χ0) is 15.2. The maximum atomic E-state index is 5.49. The lowest BCUT2D eigenvalue weighted by Crippen LogP contribution is -2.13. The third kappa shape index (κ3) is 3.36. The molecule has 0 saturated carbocycles. The van der Waals surface area contributed by atoms with Gasteiger partial charge in [0.05, 0.1) is 19.6 Å². The number of nitrogens with one attached hydrogen (secondary N) is 2. The summed E-state index contributed by atoms with van der Waals surface area (Å²) in [6, 6.07) is 5.85. The summed E-state index contributed by atoms with van der Waals surface area (Å²) in [5.74, 6) is 1.56. The number of fused-ring (bicyclic) bond motifs is 1. The Labute approximate surface area is 125 Å². The van der Waals surface area contributed by atoms with Gasteiger partial charge in [0.1, 0.15) is 17.0 Å². The number of anilines is 1. The average Bonchev–Trinajstić information content (AvgIpc) is 2.50. The van der Waals surface area contributed by atoms with Gasteiger partial charge in [-0.15, -0.1) is 0 Å². The van der Waals surface area contributed by atoms with E-state index in [-0.39, 0.29) is 0 Å². The van der Waals surface area contributed by atoms with Crippen LogP contribution in [0.2, 0.25) is 0 Å². The summed E-state index contributed by atoms with van der Waals surface area (Å²) in [6.45, 7) is 3.85. The van der Waals surface area contributed by atoms with Gasteiger partial charge < -0.3 is 20.1 Å². The minimum absolute atomic E-state index is 0.757. The number of methoxy groups -OCH3 is 2. The van der Waals surface area contributed by atoms with E-state index in [0.717, 1.165) is 53.3 Å². The van der Waals surface area contributed by atoms with Crippen LogP contribution in [0, 0.1) is 6.92 Å². The maximum absolute atomic E-state index is 5.49. The molecule has 1 aromatic carbocycles. The van der Waals surface area contributed by atoms with E-state index in [1.54, 1.807) is 14.2 Å². The van der Waals surface area contributed by atoms with Crippen molar-refractivity contribution in [3.63, 3.8) is 0 Å². The number of ether oxygens (including phenoxy) is 2. The van der Waals surface area contributed by atoms with E-state index in [1.165, 1.54) is 0 Å². The monoisotopic (exact) mass is 289 g/mol. The van der Waals surface area contributed by atoms with Gasteiger partial charge in [0.2, 0.25) is 0 Å². The Morgan fingerprint density at radius 1 is 1.10 bits per heavy atom. The predicted octanol–water partition coefficient (Wildman–Crippen LogP) is 2.58. The number of benzene rings is 1. The molecule has 0 saturated heterocycles. The van der Waals surface area contributed by atoms with Crippen LogP contribution in [0.25, 0.3) is 10.9 Å². The highest BCUT2D eigenvalue weighted by atomic mass is 16.5. The maximum Gasteiger partial charge on any atom is 0.145 e. The van der Waals surface area contributed by atoms with E-state index in [0.29, 0.717) is 0 Å². The quantitative estimate of drug-likeness (QED) is 0.767. The van der Waals surface area contributed by atoms with E-state index >= 15 is 0 Å². The molecule has 1 heterocycles. The normalized spacial score (nSPS) is 10.7. The van der Waals surface area contributed by atoms with Gasteiger partial charge in [-0.05, 0) is 45.1 Å². The highest BCUT2D eigenvalue weighted by molar-refractivity contribution is 5.99. The highest BCUT2D eigenvalue weighted by Crippen LogP contribution is 2.37. The second kappa shape index (κ2) is 7.13. The SMILES string of the molecule is CNCCCNc1cc(C)nc2c(OC)ccc(OC)c12. The molecule has 0 atom stereocenters. The molecule has 2 aromatic rings. The number of hydrogen-bond donors (Lipinski definition) is 2. The van der Waals surface area contributed by atoms with Crippen molar-refractivity contribution in [1.29, 1.82) is 0 Å². The van der Waals surface area contributed by atoms with Crippen LogP contribution in [0.1, 0.15) is 12.1 Å². The number of aryl methyl sites for hydroxylation is 1. The molecule has 5 heteroatoms. The molecule has 1 aromatic heterocycles. The lowest BCUT2D eigenvalue weighted by Gasteiger charge is -2.15. The number of hydrogen-bond acceptors (Lipinski definition) is 5. The van der Waals surface area contributed by atoms with Crippen molar-refractivity contribution < 1.29 is 9.47 Å². The molecule has 0 aliphatic carbocycles. The molecule has 5 nitrogen and oxygen atoms in total. The summed E-state index contributed by atoms with van der Waals surface area (Å²) in [6.07, 6.45) is 1.05. The molecule has 0 amide bonds. The minimum Gasteiger partial charge on any atom is -0.496 e. The van der Waals surface area contributed by atoms with Crippen LogP contribution in [-0.4, -0.2) is 39.3 Å². The van der Waals surface area contributed by atoms with Crippen molar-refractivity contribution >= 4 is 16.6 Å². The standard InChI is InChI=1S/C16H23N3O2/c1-11-10-12(18-9-5-8-17-2)15-13(20-3)6-7-14(21-4)16(15)19-11/h6-7,10,17H,5,8-9H2,1-4H3,(H,18,19). The molecule has 0 aliphatic rings. The molecular formula is C16H23N3O2. The van der Waals surface area contributed by atoms with Crippen molar-refractivity contribution in [3.05, 3.63) is 23.9 Å². The second-order valence-corrected chi connectivity index (χ2v) is 4.89. The Bertz CT molecular complexity index is 614. The van der Waals surface area contributed by atoms with Crippen LogP contribution >= 0.6 is 0 Å². The van der Waals surface area contributed by atoms with Gasteiger partial charge in [0, 0.05) is 17.9 Å². The number of pyridine rings is 1. The molecule has 21 heavy (non-hydrogen) atoms. The fourth-order valence-corrected chi connectivity index (χ4v) is 2.38. The van der Waals surface area contributed by atoms with Crippen LogP contribution in [0.5, 0.6) is 11.5 Å². The predicted molar refractivity (Wildman–Crippen MR) is 86.6 cm³/mol. The van der Waals surface area contributed by atoms with Crippen LogP contribution < -0.4 is 20.1 Å². The molecule has 0 spiro atoms. The van der Waals surface area contributed by atoms with Crippen molar-refractivity contribution in [2.75, 3.05) is 39.7 Å². The lowest BCUT2D eigenvalue weighted by atomic mass is 10.1. The Hall–Kier alpha value is -2.01. The van der Waals surface area contributed by atoms with Crippen LogP contribution in [0.4, 0.5) is 5.69 Å². The summed E-state index contributed by atoms with van der Waals surface area (Å²) in [5, 5.41) is 7.58. The fourth-order valence-electron chi connectivity index (χ4n) is 2.38. The Morgan fingerprint density at radius 3 is 2.48 bits per heavy atom. The van der Waals surface area contributed by atoms with E-state index in [2.05, 4.69) is 15.6 Å². The van der Waals surface area contributed by atoms with Crippen molar-refractivity contribution in [3.8, 4) is 11.5 Å². The number of nitrogens with zero attached hydrogens (tertiary/aromatic N) is 1. The molecule has 0 aliphatic heterocycles. The fraction of sp³-hybridized carbons (Fsp3) is 0.438. The molecule has 2 rings (SSSR count). The van der Waals surface area contributed by atoms with E-state index in [9.17, 15) is 0 Å². The molecule has 0 bridgehead atoms. The van der Waals surface area contributed by atoms with Gasteiger partial charge in [0.25, 0.3) is 0 Å². The molecule has 0 unspecified atom stereocenters. The number of rotatable bonds is 7. The van der Waals surface area contributed by atoms with Crippen LogP contribution in [0.15, 0.2) is 18.2 Å². The number of aromatic nitrogens is 1. The van der Waals surface area contributed by atoms with Crippen LogP contribution in [0.3, 0.4) is 0 Å². The molecule has 114 valence electrons. The molecule has 0 radical (unpaired) electrons. The molecule has 0 fully saturated rings. The van der Waals surface area contributed by atoms with Crippen molar-refractivity contribution in [2.24, 2.45) is 0 Å². The van der Waals surface area contributed by atoms with Crippen molar-refractivity contribution in [2.45, 2.75) is 13.3 Å². The first-order valence-electron chi connectivity index (χ1n) is 7.12. The minimum atomic E-state index is 0.757. The zero-order valence-corrected chi connectivity index (χ0v) is 13.1. The third-order valence-electron chi connectivity index (χ3n) is 3.37. The summed E-state index contributed by atoms with van der Waals surface area (Å²) >= 11 is 0. The summed E-state index contributed by atoms with van der Waals surface area (Å²) in [7, 11) is 5.29. The second-order valence-electron chi connectivity index (χ2n) is 4.89. The first-order chi connectivity index (χ1) is 10.2. The summed E-state index contributed by atoms with van der Waals surface area (Å²) in [4.78, 5) is 4.60. The van der Waals surface area contributed by atoms with Gasteiger partial charge in [0.15, 0.2) is 0 Å². The van der Waals surface area contributed by atoms with Gasteiger partial charge >= 0.3 is 0 Å². The van der Waals surface area contributed by atoms with Gasteiger partial charge in [-0.1, -0.05) is 0 Å². The van der Waals surface area contributed by atoms with Gasteiger partial charge in [-0.2, -0.15) is 0 Å². The smallest absolute Gasteiger partial charge is 0.145 e. The van der Waals surface area contributed by atoms with E-state index in [4.69, 9.17) is 9.47 Å². The highest BCUT2D eigenvalue weighted by Gasteiger charge is 2.13. The third-order valence-corrected chi connectivity index (χ3v) is 3.37. The Morgan fingerprint density at radius 2 is 1.81 bits per heavy atom. The first-order valence-corrected chi connectivity index (χ1v) is 7.12. The molecular weight excluding hydrogens is 266 g/mol. The summed E-state index contributed by atoms with van der Waals surface area (Å²) < 4.78 is 10.9. The average molecular weight is 289 g/mol. The lowest BCUT2D eigenvalue weighted by molar-refractivity contribution is 0.410. The van der Waals surface area contributed by atoms with Crippen molar-refractivity contribution in [1.82, 2.24) is 10.3 Å². The largest absolute Gasteiger partial charge is 0.496 e. The van der Waals surface area contributed by atoms with Gasteiger partial charge in [-0.25, -0.2) is 4.98 Å². The zero-order valence-electron chi connectivity index (χ0n) is 13.1. The Balaban J connectivity index is 2.47. The van der Waals surface area contributed by atoms with E-state index in [1.807, 2.05) is 32.2 Å². The Kier molecular flexibility index (Phi) is 5.22.